The monoisotopic (exact) mass is 327 g/mol. The van der Waals surface area contributed by atoms with Crippen molar-refractivity contribution in [2.75, 3.05) is 27.2 Å². The molecule has 2 N–H and O–H groups in total. The quantitative estimate of drug-likeness (QED) is 0.884. The molecular weight excluding hydrogens is 298 g/mol. The number of carbonyl (C=O) groups is 1. The number of nitrogens with one attached hydrogen (secondary N) is 2. The fourth-order valence-corrected chi connectivity index (χ4v) is 3.88. The summed E-state index contributed by atoms with van der Waals surface area (Å²) in [6.07, 6.45) is 4.75. The fraction of sp³-hybridized carbons (Fsp3) is 0.550. The summed E-state index contributed by atoms with van der Waals surface area (Å²) in [5.41, 5.74) is 4.75. The zero-order chi connectivity index (χ0) is 17.3. The summed E-state index contributed by atoms with van der Waals surface area (Å²) in [7, 11) is 4.12. The lowest BCUT2D eigenvalue weighted by Gasteiger charge is -2.28. The van der Waals surface area contributed by atoms with E-state index in [4.69, 9.17) is 0 Å². The Morgan fingerprint density at radius 1 is 1.25 bits per heavy atom. The zero-order valence-electron chi connectivity index (χ0n) is 15.3. The van der Waals surface area contributed by atoms with Crippen molar-refractivity contribution in [3.8, 4) is 0 Å². The molecule has 0 saturated heterocycles. The van der Waals surface area contributed by atoms with Crippen LogP contribution in [-0.4, -0.2) is 43.0 Å². The number of aromatic amines is 1. The molecule has 4 heteroatoms. The third-order valence-electron chi connectivity index (χ3n) is 4.83. The Hall–Kier alpha value is -1.81. The van der Waals surface area contributed by atoms with E-state index in [-0.39, 0.29) is 11.3 Å². The van der Waals surface area contributed by atoms with Crippen LogP contribution in [-0.2, 0) is 12.8 Å². The number of aromatic nitrogens is 1. The molecule has 1 aliphatic carbocycles. The summed E-state index contributed by atoms with van der Waals surface area (Å²) >= 11 is 0. The smallest absolute Gasteiger partial charge is 0.251 e. The van der Waals surface area contributed by atoms with E-state index < -0.39 is 0 Å². The van der Waals surface area contributed by atoms with Gasteiger partial charge in [0.2, 0.25) is 0 Å². The number of rotatable bonds is 5. The third-order valence-corrected chi connectivity index (χ3v) is 4.83. The van der Waals surface area contributed by atoms with Gasteiger partial charge in [-0.25, -0.2) is 0 Å². The Morgan fingerprint density at radius 3 is 2.75 bits per heavy atom. The topological polar surface area (TPSA) is 48.1 Å². The number of hydrogen-bond donors (Lipinski definition) is 2. The molecule has 4 nitrogen and oxygen atoms in total. The van der Waals surface area contributed by atoms with Crippen LogP contribution in [0.5, 0.6) is 0 Å². The van der Waals surface area contributed by atoms with E-state index in [0.29, 0.717) is 6.54 Å². The predicted octanol–water partition coefficient (Wildman–Crippen LogP) is 3.36. The molecule has 1 heterocycles. The van der Waals surface area contributed by atoms with Crippen molar-refractivity contribution in [2.45, 2.75) is 39.5 Å². The molecule has 0 spiro atoms. The highest BCUT2D eigenvalue weighted by atomic mass is 16.1. The standard InChI is InChI=1S/C20H29N3O/c1-20(2,13-23(3)4)12-21-19(24)14-9-10-18-16(11-14)15-7-5-6-8-17(15)22-18/h9-11,22H,5-8,12-13H2,1-4H3,(H,21,24). The van der Waals surface area contributed by atoms with Gasteiger partial charge in [-0.05, 0) is 69.0 Å². The van der Waals surface area contributed by atoms with Crippen LogP contribution in [0.3, 0.4) is 0 Å². The third kappa shape index (κ3) is 3.64. The molecule has 1 aromatic heterocycles. The van der Waals surface area contributed by atoms with Crippen LogP contribution < -0.4 is 5.32 Å². The lowest BCUT2D eigenvalue weighted by Crippen LogP contribution is -2.39. The van der Waals surface area contributed by atoms with Crippen molar-refractivity contribution < 1.29 is 4.79 Å². The van der Waals surface area contributed by atoms with Crippen LogP contribution in [0.2, 0.25) is 0 Å². The molecule has 0 fully saturated rings. The minimum atomic E-state index is 0.0227. The summed E-state index contributed by atoms with van der Waals surface area (Å²) in [6, 6.07) is 6.04. The Balaban J connectivity index is 1.75. The number of nitrogens with zero attached hydrogens (tertiary/aromatic N) is 1. The summed E-state index contributed by atoms with van der Waals surface area (Å²) in [5, 5.41) is 4.33. The highest BCUT2D eigenvalue weighted by Gasteiger charge is 2.21. The molecule has 0 saturated carbocycles. The van der Waals surface area contributed by atoms with Gasteiger partial charge in [-0.3, -0.25) is 4.79 Å². The van der Waals surface area contributed by atoms with E-state index in [0.717, 1.165) is 30.5 Å². The molecule has 1 aliphatic rings. The second-order valence-electron chi connectivity index (χ2n) is 8.13. The van der Waals surface area contributed by atoms with Gasteiger partial charge in [-0.15, -0.1) is 0 Å². The minimum Gasteiger partial charge on any atom is -0.358 e. The molecule has 3 rings (SSSR count). The Morgan fingerprint density at radius 2 is 2.00 bits per heavy atom. The number of benzene rings is 1. The second-order valence-corrected chi connectivity index (χ2v) is 8.13. The fourth-order valence-electron chi connectivity index (χ4n) is 3.88. The molecule has 1 amide bonds. The van der Waals surface area contributed by atoms with Gasteiger partial charge >= 0.3 is 0 Å². The average molecular weight is 327 g/mol. The first-order valence-electron chi connectivity index (χ1n) is 8.92. The number of aryl methyl sites for hydroxylation is 2. The maximum Gasteiger partial charge on any atom is 0.251 e. The Labute approximate surface area is 144 Å². The van der Waals surface area contributed by atoms with Gasteiger partial charge in [0.15, 0.2) is 0 Å². The minimum absolute atomic E-state index is 0.0227. The lowest BCUT2D eigenvalue weighted by atomic mass is 9.92. The van der Waals surface area contributed by atoms with Crippen molar-refractivity contribution in [3.63, 3.8) is 0 Å². The number of amides is 1. The molecule has 0 aliphatic heterocycles. The highest BCUT2D eigenvalue weighted by Crippen LogP contribution is 2.29. The van der Waals surface area contributed by atoms with Crippen LogP contribution >= 0.6 is 0 Å². The van der Waals surface area contributed by atoms with E-state index in [1.807, 2.05) is 12.1 Å². The zero-order valence-corrected chi connectivity index (χ0v) is 15.3. The van der Waals surface area contributed by atoms with Crippen molar-refractivity contribution in [2.24, 2.45) is 5.41 Å². The molecule has 0 bridgehead atoms. The molecule has 1 aromatic carbocycles. The molecule has 0 atom stereocenters. The van der Waals surface area contributed by atoms with Gasteiger partial charge < -0.3 is 15.2 Å². The summed E-state index contributed by atoms with van der Waals surface area (Å²) < 4.78 is 0. The summed E-state index contributed by atoms with van der Waals surface area (Å²) in [6.45, 7) is 5.98. The van der Waals surface area contributed by atoms with Gasteiger partial charge in [-0.1, -0.05) is 13.8 Å². The molecule has 0 radical (unpaired) electrons. The SMILES string of the molecule is CN(C)CC(C)(C)CNC(=O)c1ccc2[nH]c3c(c2c1)CCCC3. The second kappa shape index (κ2) is 6.60. The van der Waals surface area contributed by atoms with E-state index in [9.17, 15) is 4.79 Å². The predicted molar refractivity (Wildman–Crippen MR) is 99.6 cm³/mol. The average Bonchev–Trinajstić information content (AvgIpc) is 2.89. The summed E-state index contributed by atoms with van der Waals surface area (Å²) in [5.74, 6) is 0.0227. The number of carbonyl (C=O) groups excluding carboxylic acids is 1. The van der Waals surface area contributed by atoms with E-state index >= 15 is 0 Å². The first-order valence-corrected chi connectivity index (χ1v) is 8.92. The van der Waals surface area contributed by atoms with Gasteiger partial charge in [0.05, 0.1) is 0 Å². The number of hydrogen-bond acceptors (Lipinski definition) is 2. The maximum absolute atomic E-state index is 12.6. The molecule has 2 aromatic rings. The lowest BCUT2D eigenvalue weighted by molar-refractivity contribution is 0.0929. The normalized spacial score (nSPS) is 14.9. The van der Waals surface area contributed by atoms with Crippen molar-refractivity contribution in [1.82, 2.24) is 15.2 Å². The van der Waals surface area contributed by atoms with Gasteiger partial charge in [0.1, 0.15) is 0 Å². The van der Waals surface area contributed by atoms with Crippen molar-refractivity contribution in [1.29, 1.82) is 0 Å². The van der Waals surface area contributed by atoms with Crippen molar-refractivity contribution >= 4 is 16.8 Å². The van der Waals surface area contributed by atoms with Crippen LogP contribution in [0, 0.1) is 5.41 Å². The Kier molecular flexibility index (Phi) is 4.68. The van der Waals surface area contributed by atoms with Gasteiger partial charge in [-0.2, -0.15) is 0 Å². The Bertz CT molecular complexity index is 743. The van der Waals surface area contributed by atoms with Gasteiger partial charge in [0.25, 0.3) is 5.91 Å². The van der Waals surface area contributed by atoms with Crippen LogP contribution in [0.1, 0.15) is 48.3 Å². The van der Waals surface area contributed by atoms with Crippen LogP contribution in [0.15, 0.2) is 18.2 Å². The van der Waals surface area contributed by atoms with Crippen molar-refractivity contribution in [3.05, 3.63) is 35.0 Å². The summed E-state index contributed by atoms with van der Waals surface area (Å²) in [4.78, 5) is 18.3. The molecule has 24 heavy (non-hydrogen) atoms. The molecule has 0 unspecified atom stereocenters. The van der Waals surface area contributed by atoms with E-state index in [1.54, 1.807) is 0 Å². The van der Waals surface area contributed by atoms with E-state index in [1.165, 1.54) is 29.5 Å². The largest absolute Gasteiger partial charge is 0.358 e. The molecular formula is C20H29N3O. The highest BCUT2D eigenvalue weighted by molar-refractivity contribution is 5.99. The van der Waals surface area contributed by atoms with Crippen LogP contribution in [0.4, 0.5) is 0 Å². The molecule has 130 valence electrons. The van der Waals surface area contributed by atoms with Crippen LogP contribution in [0.25, 0.3) is 10.9 Å². The first kappa shape index (κ1) is 17.0. The first-order chi connectivity index (χ1) is 11.4. The number of fused-ring (bicyclic) bond motifs is 3. The maximum atomic E-state index is 12.6. The number of H-pyrrole nitrogens is 1. The van der Waals surface area contributed by atoms with Gasteiger partial charge in [0, 0.05) is 35.2 Å². The van der Waals surface area contributed by atoms with E-state index in [2.05, 4.69) is 49.2 Å².